The Hall–Kier alpha value is -2.11. The molecule has 1 atom stereocenters. The largest absolute Gasteiger partial charge is 0.351 e. The van der Waals surface area contributed by atoms with E-state index in [2.05, 4.69) is 15.3 Å². The minimum atomic E-state index is -2.71. The molecule has 0 unspecified atom stereocenters. The van der Waals surface area contributed by atoms with Gasteiger partial charge in [-0.25, -0.2) is 23.1 Å². The van der Waals surface area contributed by atoms with Gasteiger partial charge >= 0.3 is 0 Å². The van der Waals surface area contributed by atoms with Crippen LogP contribution in [0.3, 0.4) is 0 Å². The van der Waals surface area contributed by atoms with Crippen LogP contribution in [0.15, 0.2) is 30.3 Å². The SMILES string of the molecule is C[C@H](Nc1nc(-c2ccc(F)cc2)cc(C(F)F)n1)C(C)(C)C. The average molecular weight is 323 g/mol. The molecule has 2 rings (SSSR count). The van der Waals surface area contributed by atoms with Crippen LogP contribution in [-0.2, 0) is 0 Å². The second kappa shape index (κ2) is 6.56. The third kappa shape index (κ3) is 4.43. The zero-order chi connectivity index (χ0) is 17.2. The molecule has 6 heteroatoms. The lowest BCUT2D eigenvalue weighted by Gasteiger charge is -2.28. The van der Waals surface area contributed by atoms with Crippen LogP contribution in [0.2, 0.25) is 0 Å². The highest BCUT2D eigenvalue weighted by Gasteiger charge is 2.22. The lowest BCUT2D eigenvalue weighted by molar-refractivity contribution is 0.146. The van der Waals surface area contributed by atoms with Gasteiger partial charge in [-0.1, -0.05) is 20.8 Å². The van der Waals surface area contributed by atoms with Gasteiger partial charge in [-0.3, -0.25) is 0 Å². The van der Waals surface area contributed by atoms with Crippen molar-refractivity contribution in [2.24, 2.45) is 5.41 Å². The summed E-state index contributed by atoms with van der Waals surface area (Å²) in [4.78, 5) is 8.17. The van der Waals surface area contributed by atoms with E-state index < -0.39 is 12.2 Å². The van der Waals surface area contributed by atoms with E-state index in [1.54, 1.807) is 0 Å². The lowest BCUT2D eigenvalue weighted by Crippen LogP contribution is -2.31. The van der Waals surface area contributed by atoms with Crippen molar-refractivity contribution in [3.8, 4) is 11.3 Å². The minimum Gasteiger partial charge on any atom is -0.351 e. The van der Waals surface area contributed by atoms with Crippen LogP contribution in [0.1, 0.15) is 39.8 Å². The van der Waals surface area contributed by atoms with Gasteiger partial charge in [-0.2, -0.15) is 0 Å². The van der Waals surface area contributed by atoms with E-state index >= 15 is 0 Å². The molecule has 23 heavy (non-hydrogen) atoms. The van der Waals surface area contributed by atoms with Crippen molar-refractivity contribution in [3.63, 3.8) is 0 Å². The predicted molar refractivity (Wildman–Crippen MR) is 84.9 cm³/mol. The summed E-state index contributed by atoms with van der Waals surface area (Å²) in [6.45, 7) is 8.03. The molecule has 0 radical (unpaired) electrons. The van der Waals surface area contributed by atoms with E-state index in [1.807, 2.05) is 27.7 Å². The molecule has 1 aromatic heterocycles. The number of halogens is 3. The highest BCUT2D eigenvalue weighted by atomic mass is 19.3. The van der Waals surface area contributed by atoms with Crippen molar-refractivity contribution in [3.05, 3.63) is 41.8 Å². The van der Waals surface area contributed by atoms with Crippen LogP contribution >= 0.6 is 0 Å². The number of benzene rings is 1. The summed E-state index contributed by atoms with van der Waals surface area (Å²) >= 11 is 0. The molecular weight excluding hydrogens is 303 g/mol. The predicted octanol–water partition coefficient (Wildman–Crippen LogP) is 5.07. The van der Waals surface area contributed by atoms with Gasteiger partial charge in [0.15, 0.2) is 0 Å². The van der Waals surface area contributed by atoms with E-state index in [4.69, 9.17) is 0 Å². The molecule has 0 amide bonds. The molecule has 0 aliphatic rings. The Kier molecular flexibility index (Phi) is 4.92. The molecule has 0 saturated carbocycles. The Labute approximate surface area is 134 Å². The van der Waals surface area contributed by atoms with Gasteiger partial charge in [-0.15, -0.1) is 0 Å². The molecule has 3 nitrogen and oxygen atoms in total. The van der Waals surface area contributed by atoms with Gasteiger partial charge in [0.2, 0.25) is 5.95 Å². The van der Waals surface area contributed by atoms with Crippen molar-refractivity contribution < 1.29 is 13.2 Å². The summed E-state index contributed by atoms with van der Waals surface area (Å²) in [5.74, 6) is -0.249. The molecule has 0 aliphatic carbocycles. The van der Waals surface area contributed by atoms with E-state index in [9.17, 15) is 13.2 Å². The van der Waals surface area contributed by atoms with Crippen molar-refractivity contribution in [1.29, 1.82) is 0 Å². The number of hydrogen-bond acceptors (Lipinski definition) is 3. The maximum absolute atomic E-state index is 13.1. The molecule has 1 aromatic carbocycles. The van der Waals surface area contributed by atoms with Crippen LogP contribution < -0.4 is 5.32 Å². The summed E-state index contributed by atoms with van der Waals surface area (Å²) < 4.78 is 39.2. The summed E-state index contributed by atoms with van der Waals surface area (Å²) in [5.41, 5.74) is 0.448. The van der Waals surface area contributed by atoms with E-state index in [0.717, 1.165) is 0 Å². The second-order valence-electron chi connectivity index (χ2n) is 6.54. The third-order valence-corrected chi connectivity index (χ3v) is 3.75. The van der Waals surface area contributed by atoms with E-state index in [0.29, 0.717) is 11.3 Å². The van der Waals surface area contributed by atoms with E-state index in [-0.39, 0.29) is 23.1 Å². The molecule has 2 aromatic rings. The molecule has 1 N–H and O–H groups in total. The van der Waals surface area contributed by atoms with Gasteiger partial charge in [-0.05, 0) is 42.7 Å². The fourth-order valence-corrected chi connectivity index (χ4v) is 1.82. The number of hydrogen-bond donors (Lipinski definition) is 1. The molecular formula is C17H20F3N3. The Morgan fingerprint density at radius 3 is 2.17 bits per heavy atom. The quantitative estimate of drug-likeness (QED) is 0.854. The summed E-state index contributed by atoms with van der Waals surface area (Å²) in [6, 6.07) is 6.75. The molecule has 0 spiro atoms. The van der Waals surface area contributed by atoms with Crippen molar-refractivity contribution >= 4 is 5.95 Å². The van der Waals surface area contributed by atoms with Gasteiger partial charge in [0.1, 0.15) is 11.5 Å². The maximum Gasteiger partial charge on any atom is 0.280 e. The Bertz CT molecular complexity index is 664. The number of alkyl halides is 2. The summed E-state index contributed by atoms with van der Waals surface area (Å²) in [6.07, 6.45) is -2.71. The first kappa shape index (κ1) is 17.2. The number of rotatable bonds is 4. The Morgan fingerprint density at radius 2 is 1.65 bits per heavy atom. The third-order valence-electron chi connectivity index (χ3n) is 3.75. The summed E-state index contributed by atoms with van der Waals surface area (Å²) in [5, 5.41) is 3.07. The first-order valence-electron chi connectivity index (χ1n) is 7.36. The smallest absolute Gasteiger partial charge is 0.280 e. The van der Waals surface area contributed by atoms with Gasteiger partial charge in [0.25, 0.3) is 6.43 Å². The van der Waals surface area contributed by atoms with Crippen LogP contribution in [0.5, 0.6) is 0 Å². The number of aromatic nitrogens is 2. The lowest BCUT2D eigenvalue weighted by atomic mass is 9.88. The molecule has 0 bridgehead atoms. The molecule has 0 aliphatic heterocycles. The molecule has 124 valence electrons. The normalized spacial score (nSPS) is 13.2. The zero-order valence-corrected chi connectivity index (χ0v) is 13.6. The van der Waals surface area contributed by atoms with Crippen LogP contribution in [0.4, 0.5) is 19.1 Å². The fourth-order valence-electron chi connectivity index (χ4n) is 1.82. The fraction of sp³-hybridized carbons (Fsp3) is 0.412. The van der Waals surface area contributed by atoms with E-state index in [1.165, 1.54) is 30.3 Å². The molecule has 0 saturated heterocycles. The number of nitrogens with zero attached hydrogens (tertiary/aromatic N) is 2. The van der Waals surface area contributed by atoms with Gasteiger partial charge in [0.05, 0.1) is 5.69 Å². The highest BCUT2D eigenvalue weighted by Crippen LogP contribution is 2.27. The maximum atomic E-state index is 13.1. The second-order valence-corrected chi connectivity index (χ2v) is 6.54. The number of anilines is 1. The highest BCUT2D eigenvalue weighted by molar-refractivity contribution is 5.61. The van der Waals surface area contributed by atoms with Crippen LogP contribution in [-0.4, -0.2) is 16.0 Å². The molecule has 1 heterocycles. The Balaban J connectivity index is 2.41. The van der Waals surface area contributed by atoms with Gasteiger partial charge in [0, 0.05) is 11.6 Å². The number of nitrogens with one attached hydrogen (secondary N) is 1. The Morgan fingerprint density at radius 1 is 1.04 bits per heavy atom. The zero-order valence-electron chi connectivity index (χ0n) is 13.6. The van der Waals surface area contributed by atoms with Gasteiger partial charge < -0.3 is 5.32 Å². The topological polar surface area (TPSA) is 37.8 Å². The molecule has 0 fully saturated rings. The first-order chi connectivity index (χ1) is 10.7. The van der Waals surface area contributed by atoms with Crippen LogP contribution in [0, 0.1) is 11.2 Å². The minimum absolute atomic E-state index is 0.0171. The summed E-state index contributed by atoms with van der Waals surface area (Å²) in [7, 11) is 0. The van der Waals surface area contributed by atoms with Crippen molar-refractivity contribution in [2.45, 2.75) is 40.2 Å². The van der Waals surface area contributed by atoms with Crippen LogP contribution in [0.25, 0.3) is 11.3 Å². The van der Waals surface area contributed by atoms with Crippen molar-refractivity contribution in [1.82, 2.24) is 9.97 Å². The van der Waals surface area contributed by atoms with Crippen molar-refractivity contribution in [2.75, 3.05) is 5.32 Å². The monoisotopic (exact) mass is 323 g/mol. The first-order valence-corrected chi connectivity index (χ1v) is 7.36. The standard InChI is InChI=1S/C17H20F3N3/c1-10(17(2,3)4)21-16-22-13(9-14(23-16)15(19)20)11-5-7-12(18)8-6-11/h5-10,15H,1-4H3,(H,21,22,23)/t10-/m0/s1. The average Bonchev–Trinajstić information content (AvgIpc) is 2.46.